The molecule has 8 heteroatoms. The second-order valence-electron chi connectivity index (χ2n) is 7.65. The number of carbonyl (C=O) groups is 2. The van der Waals surface area contributed by atoms with Gasteiger partial charge in [-0.2, -0.15) is 0 Å². The first-order chi connectivity index (χ1) is 13.8. The Balaban J connectivity index is 1.46. The van der Waals surface area contributed by atoms with E-state index in [9.17, 15) is 14.7 Å². The Hall–Kier alpha value is -2.34. The summed E-state index contributed by atoms with van der Waals surface area (Å²) in [5.41, 5.74) is 4.01. The normalized spacial score (nSPS) is 27.7. The Morgan fingerprint density at radius 1 is 1.21 bits per heavy atom. The summed E-state index contributed by atoms with van der Waals surface area (Å²) in [7, 11) is 0. The fourth-order valence-corrected chi connectivity index (χ4v) is 3.44. The number of nitrogens with two attached hydrogens (primary N) is 1. The van der Waals surface area contributed by atoms with Crippen LogP contribution in [-0.2, 0) is 30.2 Å². The van der Waals surface area contributed by atoms with Crippen LogP contribution in [0.4, 0.5) is 0 Å². The predicted octanol–water partition coefficient (Wildman–Crippen LogP) is 1.77. The van der Waals surface area contributed by atoms with Crippen LogP contribution in [0, 0.1) is 11.8 Å². The summed E-state index contributed by atoms with van der Waals surface area (Å²) < 4.78 is 21.0. The van der Waals surface area contributed by atoms with Crippen LogP contribution in [0.5, 0.6) is 0 Å². The Labute approximate surface area is 169 Å². The van der Waals surface area contributed by atoms with Gasteiger partial charge in [0.2, 0.25) is 0 Å². The van der Waals surface area contributed by atoms with E-state index in [1.54, 1.807) is 12.1 Å². The molecule has 1 saturated carbocycles. The number of furan rings is 1. The van der Waals surface area contributed by atoms with Gasteiger partial charge in [0.1, 0.15) is 5.76 Å². The van der Waals surface area contributed by atoms with E-state index in [4.69, 9.17) is 19.6 Å². The quantitative estimate of drug-likeness (QED) is 0.241. The van der Waals surface area contributed by atoms with Crippen molar-refractivity contribution in [1.29, 1.82) is 0 Å². The fourth-order valence-electron chi connectivity index (χ4n) is 3.44. The largest absolute Gasteiger partial charge is 0.453 e. The molecule has 1 aliphatic heterocycles. The third-order valence-corrected chi connectivity index (χ3v) is 5.35. The van der Waals surface area contributed by atoms with E-state index in [2.05, 4.69) is 16.6 Å². The van der Waals surface area contributed by atoms with Crippen LogP contribution >= 0.6 is 0 Å². The van der Waals surface area contributed by atoms with E-state index < -0.39 is 23.5 Å². The minimum Gasteiger partial charge on any atom is -0.453 e. The van der Waals surface area contributed by atoms with Gasteiger partial charge in [-0.05, 0) is 37.8 Å². The molecular weight excluding hydrogens is 378 g/mol. The summed E-state index contributed by atoms with van der Waals surface area (Å²) in [5.74, 6) is 2.16. The maximum atomic E-state index is 11.5. The van der Waals surface area contributed by atoms with Crippen molar-refractivity contribution in [2.45, 2.75) is 75.9 Å². The first-order valence-corrected chi connectivity index (χ1v) is 9.96. The molecule has 3 rings (SSSR count). The molecule has 0 amide bonds. The van der Waals surface area contributed by atoms with Crippen molar-refractivity contribution in [3.8, 4) is 11.8 Å². The number of aliphatic hydroxyl groups is 1. The predicted molar refractivity (Wildman–Crippen MR) is 101 cm³/mol. The highest BCUT2D eigenvalue weighted by molar-refractivity contribution is 6.30. The van der Waals surface area contributed by atoms with Gasteiger partial charge in [0.15, 0.2) is 11.4 Å². The number of carbonyl (C=O) groups excluding carboxylic acids is 2. The van der Waals surface area contributed by atoms with E-state index in [1.807, 2.05) is 0 Å². The van der Waals surface area contributed by atoms with E-state index in [-0.39, 0.29) is 6.42 Å². The summed E-state index contributed by atoms with van der Waals surface area (Å²) in [6.07, 6.45) is 7.46. The zero-order chi connectivity index (χ0) is 20.9. The molecule has 1 aromatic heterocycles. The lowest BCUT2D eigenvalue weighted by atomic mass is 9.93. The van der Waals surface area contributed by atoms with Gasteiger partial charge in [-0.25, -0.2) is 9.59 Å². The Bertz CT molecular complexity index is 797. The molecule has 0 aromatic carbocycles. The third-order valence-electron chi connectivity index (χ3n) is 5.35. The summed E-state index contributed by atoms with van der Waals surface area (Å²) in [5, 5.41) is 10.1. The van der Waals surface area contributed by atoms with Crippen molar-refractivity contribution in [2.24, 2.45) is 5.73 Å². The zero-order valence-corrected chi connectivity index (χ0v) is 16.6. The molecule has 0 bridgehead atoms. The van der Waals surface area contributed by atoms with Gasteiger partial charge < -0.3 is 23.7 Å². The summed E-state index contributed by atoms with van der Waals surface area (Å²) in [4.78, 5) is 22.7. The van der Waals surface area contributed by atoms with Gasteiger partial charge >= 0.3 is 17.8 Å². The second-order valence-corrected chi connectivity index (χ2v) is 7.65. The summed E-state index contributed by atoms with van der Waals surface area (Å²) in [6.45, 7) is 2.01. The maximum Gasteiger partial charge on any atom is 0.421 e. The van der Waals surface area contributed by atoms with Crippen LogP contribution in [-0.4, -0.2) is 41.3 Å². The van der Waals surface area contributed by atoms with Gasteiger partial charge in [0.05, 0.1) is 12.7 Å². The van der Waals surface area contributed by atoms with E-state index >= 15 is 0 Å². The number of cyclic esters (lactones) is 2. The molecule has 1 aromatic rings. The molecule has 8 nitrogen and oxygen atoms in total. The van der Waals surface area contributed by atoms with Crippen LogP contribution in [0.3, 0.4) is 0 Å². The number of hydrogen-bond donors (Lipinski definition) is 2. The average Bonchev–Trinajstić information content (AvgIpc) is 3.13. The fraction of sp³-hybridized carbons (Fsp3) is 0.619. The van der Waals surface area contributed by atoms with Crippen molar-refractivity contribution in [3.63, 3.8) is 0 Å². The van der Waals surface area contributed by atoms with Crippen molar-refractivity contribution in [1.82, 2.24) is 0 Å². The molecule has 2 heterocycles. The molecule has 2 aliphatic rings. The average molecular weight is 405 g/mol. The Kier molecular flexibility index (Phi) is 6.63. The van der Waals surface area contributed by atoms with Crippen molar-refractivity contribution in [3.05, 3.63) is 23.7 Å². The smallest absolute Gasteiger partial charge is 0.421 e. The topological polar surface area (TPSA) is 121 Å². The van der Waals surface area contributed by atoms with Crippen molar-refractivity contribution < 1.29 is 33.3 Å². The molecule has 0 unspecified atom stereocenters. The molecule has 1 saturated heterocycles. The lowest BCUT2D eigenvalue weighted by molar-refractivity contribution is -0.304. The molecule has 2 fully saturated rings. The monoisotopic (exact) mass is 405 g/mol. The first-order valence-electron chi connectivity index (χ1n) is 9.96. The SMILES string of the molecule is C[C@]1(CCc2ccc(C#CCCOC3CCCCC3)o2)OC(=O)C(=O)O[C@]1(N)O. The van der Waals surface area contributed by atoms with E-state index in [0.29, 0.717) is 37.1 Å². The van der Waals surface area contributed by atoms with Crippen LogP contribution in [0.2, 0.25) is 0 Å². The zero-order valence-electron chi connectivity index (χ0n) is 16.6. The van der Waals surface area contributed by atoms with Crippen LogP contribution in [0.15, 0.2) is 16.5 Å². The maximum absolute atomic E-state index is 11.5. The Morgan fingerprint density at radius 2 is 1.93 bits per heavy atom. The number of esters is 2. The standard InChI is InChI=1S/C21H27NO7/c1-20(21(22,25)29-19(24)18(23)28-20)13-12-17-11-10-16(27-17)9-5-6-14-26-15-7-3-2-4-8-15/h10-11,15,25H,2-4,6-8,12-14,22H2,1H3/t20-,21-/m1/s1. The molecule has 1 aliphatic carbocycles. The molecule has 0 spiro atoms. The first kappa shape index (κ1) is 21.4. The molecule has 29 heavy (non-hydrogen) atoms. The van der Waals surface area contributed by atoms with Gasteiger partial charge in [-0.1, -0.05) is 25.2 Å². The van der Waals surface area contributed by atoms with Gasteiger partial charge in [0.25, 0.3) is 0 Å². The van der Waals surface area contributed by atoms with Crippen LogP contribution in [0.25, 0.3) is 0 Å². The lowest BCUT2D eigenvalue weighted by Gasteiger charge is -2.42. The minimum atomic E-state index is -2.41. The highest BCUT2D eigenvalue weighted by atomic mass is 16.7. The summed E-state index contributed by atoms with van der Waals surface area (Å²) in [6, 6.07) is 3.49. The van der Waals surface area contributed by atoms with Gasteiger partial charge in [0, 0.05) is 19.3 Å². The third kappa shape index (κ3) is 5.38. The van der Waals surface area contributed by atoms with Crippen molar-refractivity contribution >= 4 is 11.9 Å². The highest BCUT2D eigenvalue weighted by Gasteiger charge is 2.56. The molecule has 0 radical (unpaired) electrons. The molecule has 158 valence electrons. The number of hydrogen-bond acceptors (Lipinski definition) is 8. The van der Waals surface area contributed by atoms with Gasteiger partial charge in [-0.3, -0.25) is 5.73 Å². The van der Waals surface area contributed by atoms with Crippen LogP contribution < -0.4 is 5.73 Å². The van der Waals surface area contributed by atoms with E-state index in [1.165, 1.54) is 26.2 Å². The molecule has 3 N–H and O–H groups in total. The summed E-state index contributed by atoms with van der Waals surface area (Å²) >= 11 is 0. The Morgan fingerprint density at radius 3 is 2.69 bits per heavy atom. The van der Waals surface area contributed by atoms with Gasteiger partial charge in [-0.15, -0.1) is 0 Å². The number of rotatable bonds is 6. The second kappa shape index (κ2) is 8.99. The molecular formula is C21H27NO7. The van der Waals surface area contributed by atoms with Crippen LogP contribution in [0.1, 0.15) is 63.4 Å². The number of ether oxygens (including phenoxy) is 3. The van der Waals surface area contributed by atoms with Crippen molar-refractivity contribution in [2.75, 3.05) is 6.61 Å². The minimum absolute atomic E-state index is 0.0919. The lowest BCUT2D eigenvalue weighted by Crippen LogP contribution is -2.67. The highest BCUT2D eigenvalue weighted by Crippen LogP contribution is 2.32. The molecule has 2 atom stereocenters. The number of aryl methyl sites for hydroxylation is 1. The van der Waals surface area contributed by atoms with E-state index in [0.717, 1.165) is 12.8 Å².